The number of phosphoric acid groups is 1. The van der Waals surface area contributed by atoms with E-state index in [0.29, 0.717) is 12.8 Å². The maximum atomic E-state index is 12.6. The van der Waals surface area contributed by atoms with Crippen LogP contribution in [0, 0.1) is 0 Å². The maximum absolute atomic E-state index is 12.6. The molecular weight excluding hydrogens is 709 g/mol. The van der Waals surface area contributed by atoms with E-state index in [0.717, 1.165) is 77.0 Å². The molecule has 0 spiro atoms. The second-order valence-electron chi connectivity index (χ2n) is 14.1. The van der Waals surface area contributed by atoms with Gasteiger partial charge in [-0.15, -0.1) is 0 Å². The van der Waals surface area contributed by atoms with Crippen molar-refractivity contribution in [2.75, 3.05) is 19.8 Å². The van der Waals surface area contributed by atoms with Gasteiger partial charge in [-0.1, -0.05) is 140 Å². The lowest BCUT2D eigenvalue weighted by molar-refractivity contribution is -0.161. The number of unbranched alkanes of at least 4 members (excludes halogenated alkanes) is 19. The smallest absolute Gasteiger partial charge is 0.472 e. The van der Waals surface area contributed by atoms with Crippen LogP contribution in [-0.4, -0.2) is 59.9 Å². The summed E-state index contributed by atoms with van der Waals surface area (Å²) in [6, 6.07) is -1.52. The van der Waals surface area contributed by atoms with Crippen molar-refractivity contribution in [1.29, 1.82) is 0 Å². The Bertz CT molecular complexity index is 1060. The van der Waals surface area contributed by atoms with Gasteiger partial charge in [0.25, 0.3) is 0 Å². The van der Waals surface area contributed by atoms with Crippen molar-refractivity contribution < 1.29 is 47.5 Å². The maximum Gasteiger partial charge on any atom is 0.472 e. The van der Waals surface area contributed by atoms with Crippen LogP contribution in [0.3, 0.4) is 0 Å². The molecule has 0 amide bonds. The van der Waals surface area contributed by atoms with Gasteiger partial charge in [0.05, 0.1) is 13.2 Å². The Morgan fingerprint density at radius 2 is 1.02 bits per heavy atom. The molecule has 12 heteroatoms. The average Bonchev–Trinajstić information content (AvgIpc) is 3.14. The molecule has 0 aliphatic rings. The molecule has 54 heavy (non-hydrogen) atoms. The number of rotatable bonds is 39. The molecule has 0 saturated heterocycles. The first-order valence-electron chi connectivity index (χ1n) is 21.0. The average molecular weight is 786 g/mol. The van der Waals surface area contributed by atoms with Gasteiger partial charge in [-0.05, 0) is 64.2 Å². The normalized spacial score (nSPS) is 14.1. The second kappa shape index (κ2) is 37.6. The van der Waals surface area contributed by atoms with E-state index in [1.165, 1.54) is 64.2 Å². The van der Waals surface area contributed by atoms with Gasteiger partial charge in [-0.3, -0.25) is 23.4 Å². The third-order valence-corrected chi connectivity index (χ3v) is 9.79. The Labute approximate surface area is 327 Å². The number of ether oxygens (including phenoxy) is 2. The molecule has 0 aliphatic carbocycles. The summed E-state index contributed by atoms with van der Waals surface area (Å²) in [5, 5.41) is 8.87. The molecule has 0 aliphatic heterocycles. The number of carbonyl (C=O) groups is 3. The van der Waals surface area contributed by atoms with Gasteiger partial charge < -0.3 is 25.2 Å². The minimum Gasteiger partial charge on any atom is -0.480 e. The molecule has 3 unspecified atom stereocenters. The number of carboxylic acids is 1. The van der Waals surface area contributed by atoms with Crippen LogP contribution in [0.5, 0.6) is 0 Å². The second-order valence-corrected chi connectivity index (χ2v) is 15.6. The fraction of sp³-hybridized carbons (Fsp3) is 0.786. The molecule has 314 valence electrons. The molecule has 0 aromatic heterocycles. The van der Waals surface area contributed by atoms with Gasteiger partial charge in [0.2, 0.25) is 0 Å². The fourth-order valence-electron chi connectivity index (χ4n) is 5.51. The summed E-state index contributed by atoms with van der Waals surface area (Å²) in [6.45, 7) is 2.71. The molecule has 3 atom stereocenters. The predicted octanol–water partition coefficient (Wildman–Crippen LogP) is 10.8. The van der Waals surface area contributed by atoms with Crippen LogP contribution in [0.4, 0.5) is 0 Å². The van der Waals surface area contributed by atoms with Crippen LogP contribution >= 0.6 is 7.82 Å². The van der Waals surface area contributed by atoms with Crippen molar-refractivity contribution >= 4 is 25.7 Å². The zero-order valence-corrected chi connectivity index (χ0v) is 34.7. The lowest BCUT2D eigenvalue weighted by Gasteiger charge is -2.20. The van der Waals surface area contributed by atoms with Crippen LogP contribution in [0.25, 0.3) is 0 Å². The summed E-state index contributed by atoms with van der Waals surface area (Å²) >= 11 is 0. The van der Waals surface area contributed by atoms with Crippen LogP contribution < -0.4 is 5.73 Å². The Balaban J connectivity index is 4.38. The summed E-state index contributed by atoms with van der Waals surface area (Å²) in [5.41, 5.74) is 5.32. The highest BCUT2D eigenvalue weighted by molar-refractivity contribution is 7.47. The van der Waals surface area contributed by atoms with Crippen molar-refractivity contribution in [2.24, 2.45) is 5.73 Å². The number of aliphatic carboxylic acids is 1. The highest BCUT2D eigenvalue weighted by Crippen LogP contribution is 2.43. The Morgan fingerprint density at radius 3 is 1.54 bits per heavy atom. The van der Waals surface area contributed by atoms with E-state index in [4.69, 9.17) is 24.8 Å². The standard InChI is InChI=1S/C42H76NO10P/c1-3-5-7-9-11-13-15-17-18-19-20-22-23-25-27-29-31-33-40(44)50-35-38(36-51-54(48,49)52-37-39(43)42(46)47)53-41(45)34-32-30-28-26-24-21-16-14-12-10-8-6-4-2/h8,10,14,16-18,38-39H,3-7,9,11-13,15,19-37,43H2,1-2H3,(H,46,47)(H,48,49)/b10-8-,16-14-,18-17-. The molecule has 0 rings (SSSR count). The van der Waals surface area contributed by atoms with E-state index in [9.17, 15) is 23.8 Å². The Kier molecular flexibility index (Phi) is 36.0. The van der Waals surface area contributed by atoms with E-state index in [1.54, 1.807) is 0 Å². The summed E-state index contributed by atoms with van der Waals surface area (Å²) < 4.78 is 32.6. The first kappa shape index (κ1) is 51.7. The molecule has 0 aromatic rings. The first-order chi connectivity index (χ1) is 26.1. The highest BCUT2D eigenvalue weighted by atomic mass is 31.2. The largest absolute Gasteiger partial charge is 0.480 e. The van der Waals surface area contributed by atoms with Crippen molar-refractivity contribution in [1.82, 2.24) is 0 Å². The lowest BCUT2D eigenvalue weighted by atomic mass is 10.1. The van der Waals surface area contributed by atoms with Gasteiger partial charge in [0, 0.05) is 12.8 Å². The van der Waals surface area contributed by atoms with Crippen LogP contribution in [0.1, 0.15) is 181 Å². The van der Waals surface area contributed by atoms with E-state index in [2.05, 4.69) is 54.8 Å². The van der Waals surface area contributed by atoms with Gasteiger partial charge in [-0.25, -0.2) is 4.57 Å². The summed E-state index contributed by atoms with van der Waals surface area (Å²) in [6.07, 6.45) is 39.2. The summed E-state index contributed by atoms with van der Waals surface area (Å²) in [4.78, 5) is 45.9. The minimum atomic E-state index is -4.72. The number of esters is 2. The fourth-order valence-corrected chi connectivity index (χ4v) is 6.29. The third-order valence-electron chi connectivity index (χ3n) is 8.84. The number of hydrogen-bond acceptors (Lipinski definition) is 9. The molecule has 0 bridgehead atoms. The van der Waals surface area contributed by atoms with E-state index in [1.807, 2.05) is 0 Å². The quantitative estimate of drug-likeness (QED) is 0.0234. The van der Waals surface area contributed by atoms with Crippen molar-refractivity contribution in [2.45, 2.75) is 193 Å². The number of phosphoric ester groups is 1. The van der Waals surface area contributed by atoms with E-state index < -0.39 is 51.1 Å². The minimum absolute atomic E-state index is 0.144. The number of nitrogens with two attached hydrogens (primary N) is 1. The van der Waals surface area contributed by atoms with Gasteiger partial charge in [0.15, 0.2) is 6.10 Å². The van der Waals surface area contributed by atoms with Gasteiger partial charge in [-0.2, -0.15) is 0 Å². The lowest BCUT2D eigenvalue weighted by Crippen LogP contribution is -2.34. The van der Waals surface area contributed by atoms with Crippen molar-refractivity contribution in [3.63, 3.8) is 0 Å². The van der Waals surface area contributed by atoms with Crippen LogP contribution in [0.15, 0.2) is 36.5 Å². The SMILES string of the molecule is CCC/C=C\C/C=C\CCCCCCCC(=O)OC(COC(=O)CCCCCCCCC/C=C\CCCCCCCC)COP(=O)(O)OCC(N)C(=O)O. The molecular formula is C42H76NO10P. The molecule has 0 radical (unpaired) electrons. The Hall–Kier alpha value is -2.30. The summed E-state index contributed by atoms with van der Waals surface area (Å²) in [7, 11) is -4.72. The highest BCUT2D eigenvalue weighted by Gasteiger charge is 2.28. The number of carboxylic acid groups (broad SMARTS) is 1. The first-order valence-corrected chi connectivity index (χ1v) is 22.5. The van der Waals surface area contributed by atoms with E-state index >= 15 is 0 Å². The number of hydrogen-bond donors (Lipinski definition) is 3. The number of carbonyl (C=O) groups excluding carboxylic acids is 2. The number of allylic oxidation sites excluding steroid dienone is 6. The summed E-state index contributed by atoms with van der Waals surface area (Å²) in [5.74, 6) is -2.40. The topological polar surface area (TPSA) is 172 Å². The van der Waals surface area contributed by atoms with Gasteiger partial charge in [0.1, 0.15) is 12.6 Å². The van der Waals surface area contributed by atoms with Gasteiger partial charge >= 0.3 is 25.7 Å². The predicted molar refractivity (Wildman–Crippen MR) is 217 cm³/mol. The molecule has 0 aromatic carbocycles. The van der Waals surface area contributed by atoms with Crippen molar-refractivity contribution in [3.8, 4) is 0 Å². The van der Waals surface area contributed by atoms with Crippen LogP contribution in [-0.2, 0) is 37.5 Å². The molecule has 11 nitrogen and oxygen atoms in total. The third kappa shape index (κ3) is 36.7. The van der Waals surface area contributed by atoms with E-state index in [-0.39, 0.29) is 19.4 Å². The Morgan fingerprint density at radius 1 is 0.574 bits per heavy atom. The molecule has 0 heterocycles. The monoisotopic (exact) mass is 786 g/mol. The zero-order chi connectivity index (χ0) is 40.0. The molecule has 0 fully saturated rings. The molecule has 4 N–H and O–H groups in total. The molecule has 0 saturated carbocycles. The zero-order valence-electron chi connectivity index (χ0n) is 33.8. The van der Waals surface area contributed by atoms with Crippen LogP contribution in [0.2, 0.25) is 0 Å². The van der Waals surface area contributed by atoms with Crippen molar-refractivity contribution in [3.05, 3.63) is 36.5 Å².